The van der Waals surface area contributed by atoms with Gasteiger partial charge in [-0.1, -0.05) is 22.9 Å². The minimum atomic E-state index is 0.0288. The van der Waals surface area contributed by atoms with E-state index in [1.165, 1.54) is 0 Å². The number of aromatic nitrogens is 2. The highest BCUT2D eigenvalue weighted by Crippen LogP contribution is 2.23. The normalized spacial score (nSPS) is 10.7. The van der Waals surface area contributed by atoms with Gasteiger partial charge in [0, 0.05) is 22.8 Å². The molecule has 2 rings (SSSR count). The molecule has 0 amide bonds. The van der Waals surface area contributed by atoms with E-state index in [4.69, 9.17) is 0 Å². The Hall–Kier alpha value is -1.42. The van der Waals surface area contributed by atoms with E-state index in [2.05, 4.69) is 28.0 Å². The number of nitrogens with zero attached hydrogens (tertiary/aromatic N) is 2. The van der Waals surface area contributed by atoms with Crippen molar-refractivity contribution in [2.75, 3.05) is 0 Å². The summed E-state index contributed by atoms with van der Waals surface area (Å²) in [6, 6.07) is 3.83. The monoisotopic (exact) mass is 320 g/mol. The predicted octanol–water partition coefficient (Wildman–Crippen LogP) is 3.90. The molecular weight excluding hydrogens is 304 g/mol. The number of ketones is 1. The summed E-state index contributed by atoms with van der Waals surface area (Å²) in [5.41, 5.74) is 3.51. The van der Waals surface area contributed by atoms with Crippen LogP contribution in [-0.4, -0.2) is 15.6 Å². The Morgan fingerprint density at radius 2 is 1.89 bits per heavy atom. The maximum Gasteiger partial charge on any atom is 0.196 e. The van der Waals surface area contributed by atoms with Gasteiger partial charge in [0.25, 0.3) is 0 Å². The lowest BCUT2D eigenvalue weighted by atomic mass is 10.0. The fourth-order valence-corrected chi connectivity index (χ4v) is 2.30. The van der Waals surface area contributed by atoms with Crippen LogP contribution in [0.15, 0.2) is 29.0 Å². The van der Waals surface area contributed by atoms with Crippen molar-refractivity contribution >= 4 is 21.7 Å². The molecule has 100 valence electrons. The number of hydrogen-bond donors (Lipinski definition) is 0. The Morgan fingerprint density at radius 3 is 2.47 bits per heavy atom. The van der Waals surface area contributed by atoms with Gasteiger partial charge in [-0.2, -0.15) is 5.10 Å². The van der Waals surface area contributed by atoms with Gasteiger partial charge in [-0.15, -0.1) is 0 Å². The van der Waals surface area contributed by atoms with Crippen LogP contribution in [0.1, 0.15) is 40.4 Å². The molecule has 0 N–H and O–H groups in total. The van der Waals surface area contributed by atoms with Gasteiger partial charge in [0.1, 0.15) is 0 Å². The summed E-state index contributed by atoms with van der Waals surface area (Å²) < 4.78 is 2.87. The first kappa shape index (κ1) is 14.0. The standard InChI is InChI=1S/C15H17BrN2O/c1-4-5-18-9-13(8-17-18)15(19)12-6-10(2)14(16)11(3)7-12/h6-9H,4-5H2,1-3H3. The van der Waals surface area contributed by atoms with Gasteiger partial charge >= 0.3 is 0 Å². The van der Waals surface area contributed by atoms with Crippen molar-refractivity contribution in [3.63, 3.8) is 0 Å². The van der Waals surface area contributed by atoms with Crippen molar-refractivity contribution in [3.05, 3.63) is 51.3 Å². The van der Waals surface area contributed by atoms with Crippen LogP contribution in [0.3, 0.4) is 0 Å². The van der Waals surface area contributed by atoms with Gasteiger partial charge in [0.15, 0.2) is 5.78 Å². The Morgan fingerprint density at radius 1 is 1.26 bits per heavy atom. The summed E-state index contributed by atoms with van der Waals surface area (Å²) in [7, 11) is 0. The Labute approximate surface area is 121 Å². The molecule has 0 aliphatic carbocycles. The van der Waals surface area contributed by atoms with Crippen LogP contribution in [-0.2, 0) is 6.54 Å². The minimum absolute atomic E-state index is 0.0288. The number of hydrogen-bond acceptors (Lipinski definition) is 2. The number of rotatable bonds is 4. The molecule has 0 saturated carbocycles. The van der Waals surface area contributed by atoms with E-state index in [1.54, 1.807) is 6.20 Å². The van der Waals surface area contributed by atoms with E-state index >= 15 is 0 Å². The number of benzene rings is 1. The first-order valence-electron chi connectivity index (χ1n) is 6.36. The smallest absolute Gasteiger partial charge is 0.196 e. The van der Waals surface area contributed by atoms with E-state index in [1.807, 2.05) is 36.9 Å². The van der Waals surface area contributed by atoms with Crippen molar-refractivity contribution < 1.29 is 4.79 Å². The topological polar surface area (TPSA) is 34.9 Å². The molecule has 0 fully saturated rings. The molecule has 0 aliphatic heterocycles. The number of halogens is 1. The molecule has 1 aromatic heterocycles. The summed E-state index contributed by atoms with van der Waals surface area (Å²) in [5, 5.41) is 4.20. The lowest BCUT2D eigenvalue weighted by Gasteiger charge is -2.06. The van der Waals surface area contributed by atoms with Gasteiger partial charge in [-0.05, 0) is 43.5 Å². The van der Waals surface area contributed by atoms with E-state index < -0.39 is 0 Å². The maximum absolute atomic E-state index is 12.4. The van der Waals surface area contributed by atoms with E-state index in [-0.39, 0.29) is 5.78 Å². The third-order valence-electron chi connectivity index (χ3n) is 3.05. The molecule has 3 nitrogen and oxygen atoms in total. The van der Waals surface area contributed by atoms with Crippen LogP contribution >= 0.6 is 15.9 Å². The highest BCUT2D eigenvalue weighted by Gasteiger charge is 2.13. The Balaban J connectivity index is 2.33. The van der Waals surface area contributed by atoms with Gasteiger partial charge in [-0.25, -0.2) is 0 Å². The molecule has 0 atom stereocenters. The van der Waals surface area contributed by atoms with E-state index in [0.29, 0.717) is 11.1 Å². The number of carbonyl (C=O) groups is 1. The fraction of sp³-hybridized carbons (Fsp3) is 0.333. The van der Waals surface area contributed by atoms with Gasteiger partial charge in [0.2, 0.25) is 0 Å². The molecule has 0 bridgehead atoms. The molecule has 1 aromatic carbocycles. The van der Waals surface area contributed by atoms with Gasteiger partial charge < -0.3 is 0 Å². The van der Waals surface area contributed by atoms with Crippen LogP contribution in [0.4, 0.5) is 0 Å². The van der Waals surface area contributed by atoms with Crippen LogP contribution in [0.2, 0.25) is 0 Å². The third kappa shape index (κ3) is 2.95. The van der Waals surface area contributed by atoms with Crippen molar-refractivity contribution in [2.45, 2.75) is 33.7 Å². The zero-order chi connectivity index (χ0) is 14.0. The molecule has 0 radical (unpaired) electrons. The van der Waals surface area contributed by atoms with Gasteiger partial charge in [-0.3, -0.25) is 9.48 Å². The molecule has 1 heterocycles. The lowest BCUT2D eigenvalue weighted by molar-refractivity contribution is 0.103. The second kappa shape index (κ2) is 5.70. The molecular formula is C15H17BrN2O. The first-order valence-corrected chi connectivity index (χ1v) is 7.16. The van der Waals surface area contributed by atoms with Crippen molar-refractivity contribution in [2.24, 2.45) is 0 Å². The zero-order valence-corrected chi connectivity index (χ0v) is 13.0. The van der Waals surface area contributed by atoms with Crippen LogP contribution in [0, 0.1) is 13.8 Å². The Kier molecular flexibility index (Phi) is 4.20. The summed E-state index contributed by atoms with van der Waals surface area (Å²) in [6.45, 7) is 6.92. The second-order valence-electron chi connectivity index (χ2n) is 4.75. The lowest BCUT2D eigenvalue weighted by Crippen LogP contribution is -2.02. The predicted molar refractivity (Wildman–Crippen MR) is 79.6 cm³/mol. The SMILES string of the molecule is CCCn1cc(C(=O)c2cc(C)c(Br)c(C)c2)cn1. The number of aryl methyl sites for hydroxylation is 3. The zero-order valence-electron chi connectivity index (χ0n) is 11.4. The van der Waals surface area contributed by atoms with Crippen molar-refractivity contribution in [1.82, 2.24) is 9.78 Å². The first-order chi connectivity index (χ1) is 9.02. The average Bonchev–Trinajstić information content (AvgIpc) is 2.83. The average molecular weight is 321 g/mol. The van der Waals surface area contributed by atoms with Gasteiger partial charge in [0.05, 0.1) is 11.8 Å². The highest BCUT2D eigenvalue weighted by atomic mass is 79.9. The molecule has 2 aromatic rings. The summed E-state index contributed by atoms with van der Waals surface area (Å²) >= 11 is 3.52. The molecule has 0 spiro atoms. The molecule has 0 saturated heterocycles. The Bertz CT molecular complexity index is 593. The molecule has 19 heavy (non-hydrogen) atoms. The fourth-order valence-electron chi connectivity index (χ4n) is 2.08. The largest absolute Gasteiger partial charge is 0.288 e. The van der Waals surface area contributed by atoms with Crippen LogP contribution in [0.25, 0.3) is 0 Å². The van der Waals surface area contributed by atoms with E-state index in [0.717, 1.165) is 28.6 Å². The van der Waals surface area contributed by atoms with Crippen molar-refractivity contribution in [1.29, 1.82) is 0 Å². The molecule has 4 heteroatoms. The van der Waals surface area contributed by atoms with Crippen LogP contribution in [0.5, 0.6) is 0 Å². The summed E-state index contributed by atoms with van der Waals surface area (Å²) in [4.78, 5) is 12.4. The quantitative estimate of drug-likeness (QED) is 0.801. The van der Waals surface area contributed by atoms with E-state index in [9.17, 15) is 4.79 Å². The third-order valence-corrected chi connectivity index (χ3v) is 4.30. The maximum atomic E-state index is 12.4. The molecule has 0 aliphatic rings. The molecule has 0 unspecified atom stereocenters. The highest BCUT2D eigenvalue weighted by molar-refractivity contribution is 9.10. The number of carbonyl (C=O) groups excluding carboxylic acids is 1. The summed E-state index contributed by atoms with van der Waals surface area (Å²) in [5.74, 6) is 0.0288. The summed E-state index contributed by atoms with van der Waals surface area (Å²) in [6.07, 6.45) is 4.47. The van der Waals surface area contributed by atoms with Crippen LogP contribution < -0.4 is 0 Å². The second-order valence-corrected chi connectivity index (χ2v) is 5.54. The van der Waals surface area contributed by atoms with Crippen molar-refractivity contribution in [3.8, 4) is 0 Å². The minimum Gasteiger partial charge on any atom is -0.288 e.